The third-order valence-corrected chi connectivity index (χ3v) is 2.92. The molecule has 0 amide bonds. The summed E-state index contributed by atoms with van der Waals surface area (Å²) in [5.74, 6) is 1.37. The molecule has 0 aliphatic heterocycles. The lowest BCUT2D eigenvalue weighted by atomic mass is 9.78. The summed E-state index contributed by atoms with van der Waals surface area (Å²) in [5, 5.41) is 3.94. The van der Waals surface area contributed by atoms with Gasteiger partial charge in [0.25, 0.3) is 0 Å². The Morgan fingerprint density at radius 1 is 1.47 bits per heavy atom. The topological polar surface area (TPSA) is 68.2 Å². The van der Waals surface area contributed by atoms with Crippen molar-refractivity contribution >= 4 is 0 Å². The Morgan fingerprint density at radius 3 is 2.73 bits per heavy atom. The maximum absolute atomic E-state index is 6.09. The van der Waals surface area contributed by atoms with Crippen molar-refractivity contribution < 1.29 is 4.52 Å². The van der Waals surface area contributed by atoms with E-state index in [1.165, 1.54) is 0 Å². The number of rotatable bonds is 4. The second-order valence-corrected chi connectivity index (χ2v) is 4.58. The molecule has 5 nitrogen and oxygen atoms in total. The molecule has 1 fully saturated rings. The molecule has 1 aliphatic carbocycles. The molecule has 1 aromatic rings. The zero-order chi connectivity index (χ0) is 10.9. The van der Waals surface area contributed by atoms with Crippen molar-refractivity contribution in [1.29, 1.82) is 0 Å². The van der Waals surface area contributed by atoms with Crippen molar-refractivity contribution in [2.45, 2.75) is 31.2 Å². The first-order valence-corrected chi connectivity index (χ1v) is 5.37. The largest absolute Gasteiger partial charge is 0.337 e. The molecule has 0 saturated heterocycles. The van der Waals surface area contributed by atoms with Crippen molar-refractivity contribution in [3.8, 4) is 0 Å². The second-order valence-electron chi connectivity index (χ2n) is 4.58. The standard InChI is InChI=1S/C10H18N4O/c1-14(2)7-4-8-12-9(15-13-8)10(11)5-3-6-10/h3-7,11H2,1-2H3. The molecule has 0 unspecified atom stereocenters. The monoisotopic (exact) mass is 210 g/mol. The maximum Gasteiger partial charge on any atom is 0.246 e. The minimum atomic E-state index is -0.330. The van der Waals surface area contributed by atoms with E-state index in [0.717, 1.165) is 38.1 Å². The Kier molecular flexibility index (Phi) is 2.75. The summed E-state index contributed by atoms with van der Waals surface area (Å²) in [6, 6.07) is 0. The SMILES string of the molecule is CN(C)CCc1noc(C2(N)CCC2)n1. The summed E-state index contributed by atoms with van der Waals surface area (Å²) in [6.45, 7) is 0.927. The highest BCUT2D eigenvalue weighted by atomic mass is 16.5. The molecule has 5 heteroatoms. The van der Waals surface area contributed by atoms with Crippen molar-refractivity contribution in [3.05, 3.63) is 11.7 Å². The van der Waals surface area contributed by atoms with Gasteiger partial charge in [0.15, 0.2) is 5.82 Å². The molecule has 15 heavy (non-hydrogen) atoms. The molecule has 2 rings (SSSR count). The highest BCUT2D eigenvalue weighted by Gasteiger charge is 2.39. The molecule has 1 aliphatic rings. The summed E-state index contributed by atoms with van der Waals surface area (Å²) in [5.41, 5.74) is 5.76. The predicted octanol–water partition coefficient (Wildman–Crippen LogP) is 0.512. The zero-order valence-electron chi connectivity index (χ0n) is 9.36. The van der Waals surface area contributed by atoms with E-state index in [1.54, 1.807) is 0 Å². The first-order valence-electron chi connectivity index (χ1n) is 5.37. The van der Waals surface area contributed by atoms with Crippen LogP contribution in [0.5, 0.6) is 0 Å². The first-order chi connectivity index (χ1) is 7.10. The van der Waals surface area contributed by atoms with Crippen LogP contribution in [0, 0.1) is 0 Å². The molecule has 0 aromatic carbocycles. The van der Waals surface area contributed by atoms with E-state index in [4.69, 9.17) is 10.3 Å². The number of hydrogen-bond acceptors (Lipinski definition) is 5. The van der Waals surface area contributed by atoms with Crippen LogP contribution in [0.3, 0.4) is 0 Å². The Labute approximate surface area is 89.6 Å². The van der Waals surface area contributed by atoms with Gasteiger partial charge in [0.2, 0.25) is 5.89 Å². The van der Waals surface area contributed by atoms with Gasteiger partial charge in [-0.1, -0.05) is 5.16 Å². The van der Waals surface area contributed by atoms with E-state index >= 15 is 0 Å². The lowest BCUT2D eigenvalue weighted by molar-refractivity contribution is 0.181. The molecule has 0 bridgehead atoms. The van der Waals surface area contributed by atoms with E-state index in [1.807, 2.05) is 14.1 Å². The van der Waals surface area contributed by atoms with E-state index in [9.17, 15) is 0 Å². The van der Waals surface area contributed by atoms with Crippen molar-refractivity contribution in [1.82, 2.24) is 15.0 Å². The summed E-state index contributed by atoms with van der Waals surface area (Å²) < 4.78 is 5.20. The Balaban J connectivity index is 1.98. The molecule has 1 heterocycles. The average molecular weight is 210 g/mol. The smallest absolute Gasteiger partial charge is 0.246 e. The van der Waals surface area contributed by atoms with Gasteiger partial charge >= 0.3 is 0 Å². The van der Waals surface area contributed by atoms with Crippen molar-refractivity contribution in [2.75, 3.05) is 20.6 Å². The molecule has 2 N–H and O–H groups in total. The number of likely N-dealkylation sites (N-methyl/N-ethyl adjacent to an activating group) is 1. The van der Waals surface area contributed by atoms with E-state index in [2.05, 4.69) is 15.0 Å². The fourth-order valence-electron chi connectivity index (χ4n) is 1.65. The van der Waals surface area contributed by atoms with Crippen LogP contribution in [0.15, 0.2) is 4.52 Å². The van der Waals surface area contributed by atoms with E-state index < -0.39 is 0 Å². The van der Waals surface area contributed by atoms with Gasteiger partial charge < -0.3 is 15.2 Å². The van der Waals surface area contributed by atoms with Crippen LogP contribution in [0.25, 0.3) is 0 Å². The Hall–Kier alpha value is -0.940. The molecular formula is C10H18N4O. The molecular weight excluding hydrogens is 192 g/mol. The Bertz CT molecular complexity index is 330. The van der Waals surface area contributed by atoms with Crippen LogP contribution in [0.1, 0.15) is 31.0 Å². The molecule has 0 atom stereocenters. The third kappa shape index (κ3) is 2.18. The molecule has 0 radical (unpaired) electrons. The van der Waals surface area contributed by atoms with Gasteiger partial charge in [0.1, 0.15) is 0 Å². The van der Waals surface area contributed by atoms with Crippen LogP contribution < -0.4 is 5.73 Å². The summed E-state index contributed by atoms with van der Waals surface area (Å²) in [4.78, 5) is 6.44. The van der Waals surface area contributed by atoms with Crippen molar-refractivity contribution in [2.24, 2.45) is 5.73 Å². The number of hydrogen-bond donors (Lipinski definition) is 1. The molecule has 1 aromatic heterocycles. The second kappa shape index (κ2) is 3.90. The number of nitrogens with two attached hydrogens (primary N) is 1. The van der Waals surface area contributed by atoms with Crippen LogP contribution in [0.4, 0.5) is 0 Å². The highest BCUT2D eigenvalue weighted by molar-refractivity contribution is 5.07. The minimum Gasteiger partial charge on any atom is -0.337 e. The fraction of sp³-hybridized carbons (Fsp3) is 0.800. The van der Waals surface area contributed by atoms with Gasteiger partial charge in [-0.2, -0.15) is 4.98 Å². The van der Waals surface area contributed by atoms with Gasteiger partial charge in [0, 0.05) is 13.0 Å². The number of nitrogens with zero attached hydrogens (tertiary/aromatic N) is 3. The minimum absolute atomic E-state index is 0.330. The van der Waals surface area contributed by atoms with Gasteiger partial charge in [0.05, 0.1) is 5.54 Å². The van der Waals surface area contributed by atoms with Gasteiger partial charge in [-0.3, -0.25) is 0 Å². The summed E-state index contributed by atoms with van der Waals surface area (Å²) >= 11 is 0. The predicted molar refractivity (Wildman–Crippen MR) is 56.3 cm³/mol. The first kappa shape index (κ1) is 10.6. The fourth-order valence-corrected chi connectivity index (χ4v) is 1.65. The third-order valence-electron chi connectivity index (χ3n) is 2.92. The normalized spacial score (nSPS) is 19.2. The molecule has 84 valence electrons. The quantitative estimate of drug-likeness (QED) is 0.784. The molecule has 0 spiro atoms. The lowest BCUT2D eigenvalue weighted by Gasteiger charge is -2.33. The van der Waals surface area contributed by atoms with Crippen LogP contribution in [0.2, 0.25) is 0 Å². The number of aromatic nitrogens is 2. The Morgan fingerprint density at radius 2 is 2.20 bits per heavy atom. The zero-order valence-corrected chi connectivity index (χ0v) is 9.36. The summed E-state index contributed by atoms with van der Waals surface area (Å²) in [6.07, 6.45) is 3.89. The van der Waals surface area contributed by atoms with Gasteiger partial charge in [-0.25, -0.2) is 0 Å². The highest BCUT2D eigenvalue weighted by Crippen LogP contribution is 2.37. The van der Waals surface area contributed by atoms with E-state index in [-0.39, 0.29) is 5.54 Å². The lowest BCUT2D eigenvalue weighted by Crippen LogP contribution is -2.43. The van der Waals surface area contributed by atoms with Gasteiger partial charge in [-0.05, 0) is 33.4 Å². The van der Waals surface area contributed by atoms with Gasteiger partial charge in [-0.15, -0.1) is 0 Å². The van der Waals surface area contributed by atoms with E-state index in [0.29, 0.717) is 5.89 Å². The van der Waals surface area contributed by atoms with Crippen LogP contribution in [-0.4, -0.2) is 35.7 Å². The van der Waals surface area contributed by atoms with Crippen LogP contribution in [-0.2, 0) is 12.0 Å². The van der Waals surface area contributed by atoms with Crippen LogP contribution >= 0.6 is 0 Å². The maximum atomic E-state index is 6.09. The van der Waals surface area contributed by atoms with Crippen molar-refractivity contribution in [3.63, 3.8) is 0 Å². The average Bonchev–Trinajstić information content (AvgIpc) is 2.59. The molecule has 1 saturated carbocycles. The summed E-state index contributed by atoms with van der Waals surface area (Å²) in [7, 11) is 4.05.